The Balaban J connectivity index is 1.64. The van der Waals surface area contributed by atoms with Gasteiger partial charge in [-0.15, -0.1) is 0 Å². The van der Waals surface area contributed by atoms with Gasteiger partial charge in [0.15, 0.2) is 5.82 Å². The lowest BCUT2D eigenvalue weighted by atomic mass is 9.96. The average Bonchev–Trinajstić information content (AvgIpc) is 3.28. The molecule has 1 amide bonds. The molecule has 0 spiro atoms. The van der Waals surface area contributed by atoms with Gasteiger partial charge in [-0.05, 0) is 31.6 Å². The van der Waals surface area contributed by atoms with Crippen LogP contribution in [-0.4, -0.2) is 56.6 Å². The molecule has 1 aliphatic rings. The third kappa shape index (κ3) is 3.41. The number of fused-ring (bicyclic) bond motifs is 2. The number of aromatic nitrogens is 4. The number of anilines is 1. The Morgan fingerprint density at radius 2 is 2.12 bits per heavy atom. The molecule has 3 heterocycles. The van der Waals surface area contributed by atoms with Gasteiger partial charge in [-0.25, -0.2) is 14.4 Å². The van der Waals surface area contributed by atoms with Gasteiger partial charge in [0.1, 0.15) is 17.7 Å². The lowest BCUT2D eigenvalue weighted by Crippen LogP contribution is -2.53. The number of halogens is 2. The summed E-state index contributed by atoms with van der Waals surface area (Å²) >= 11 is 6.70. The van der Waals surface area contributed by atoms with Gasteiger partial charge in [-0.2, -0.15) is 5.10 Å². The first-order valence-electron chi connectivity index (χ1n) is 10.6. The quantitative estimate of drug-likeness (QED) is 0.452. The first-order valence-corrected chi connectivity index (χ1v) is 11.0. The second kappa shape index (κ2) is 8.12. The van der Waals surface area contributed by atoms with E-state index in [0.717, 1.165) is 16.5 Å². The zero-order valence-corrected chi connectivity index (χ0v) is 19.0. The number of hydrogen-bond donors (Lipinski definition) is 1. The molecule has 2 aromatic heterocycles. The van der Waals surface area contributed by atoms with Gasteiger partial charge in [-0.1, -0.05) is 30.3 Å². The van der Waals surface area contributed by atoms with Gasteiger partial charge < -0.3 is 9.80 Å². The molecule has 33 heavy (non-hydrogen) atoms. The predicted octanol–water partition coefficient (Wildman–Crippen LogP) is 4.50. The topological polar surface area (TPSA) is 78.0 Å². The van der Waals surface area contributed by atoms with E-state index in [-0.39, 0.29) is 28.1 Å². The van der Waals surface area contributed by atoms with Gasteiger partial charge in [0.25, 0.3) is 0 Å². The molecule has 0 saturated carbocycles. The fourth-order valence-corrected chi connectivity index (χ4v) is 4.90. The second-order valence-corrected chi connectivity index (χ2v) is 8.67. The van der Waals surface area contributed by atoms with Crippen molar-refractivity contribution in [3.05, 3.63) is 59.8 Å². The van der Waals surface area contributed by atoms with Crippen LogP contribution in [0.3, 0.4) is 0 Å². The van der Waals surface area contributed by atoms with Crippen LogP contribution in [0.4, 0.5) is 10.2 Å². The molecule has 0 aliphatic carbocycles. The SMILES string of the molecule is C=CC(=O)N1CCN(c2ncnc3c(F)c(-c4c(C)ccc5cn[nH]c45)c(Cl)cc23)[C@H](C)C1. The number of piperazine rings is 1. The van der Waals surface area contributed by atoms with Gasteiger partial charge in [0, 0.05) is 47.6 Å². The number of rotatable bonds is 3. The summed E-state index contributed by atoms with van der Waals surface area (Å²) < 4.78 is 16.0. The smallest absolute Gasteiger partial charge is 0.246 e. The lowest BCUT2D eigenvalue weighted by Gasteiger charge is -2.40. The van der Waals surface area contributed by atoms with Gasteiger partial charge in [-0.3, -0.25) is 9.89 Å². The van der Waals surface area contributed by atoms with Crippen molar-refractivity contribution in [3.63, 3.8) is 0 Å². The summed E-state index contributed by atoms with van der Waals surface area (Å²) in [5.41, 5.74) is 2.75. The monoisotopic (exact) mass is 464 g/mol. The Hall–Kier alpha value is -3.52. The number of carbonyl (C=O) groups excluding carboxylic acids is 1. The van der Waals surface area contributed by atoms with Crippen molar-refractivity contribution in [3.8, 4) is 11.1 Å². The van der Waals surface area contributed by atoms with Gasteiger partial charge in [0.05, 0.1) is 16.7 Å². The van der Waals surface area contributed by atoms with Crippen LogP contribution < -0.4 is 4.90 Å². The van der Waals surface area contributed by atoms with Crippen molar-refractivity contribution < 1.29 is 9.18 Å². The number of carbonyl (C=O) groups is 1. The lowest BCUT2D eigenvalue weighted by molar-refractivity contribution is -0.126. The Kier molecular flexibility index (Phi) is 5.25. The number of aryl methyl sites for hydroxylation is 1. The average molecular weight is 465 g/mol. The largest absolute Gasteiger partial charge is 0.350 e. The van der Waals surface area contributed by atoms with E-state index in [0.29, 0.717) is 36.4 Å². The van der Waals surface area contributed by atoms with Crippen molar-refractivity contribution in [2.45, 2.75) is 19.9 Å². The fraction of sp³-hybridized carbons (Fsp3) is 0.250. The molecule has 1 saturated heterocycles. The van der Waals surface area contributed by atoms with E-state index < -0.39 is 5.82 Å². The molecule has 0 unspecified atom stereocenters. The number of H-pyrrole nitrogens is 1. The van der Waals surface area contributed by atoms with E-state index in [9.17, 15) is 4.79 Å². The maximum Gasteiger partial charge on any atom is 0.246 e. The molecule has 2 aromatic carbocycles. The summed E-state index contributed by atoms with van der Waals surface area (Å²) in [6.07, 6.45) is 4.39. The highest BCUT2D eigenvalue weighted by Crippen LogP contribution is 2.41. The van der Waals surface area contributed by atoms with E-state index in [4.69, 9.17) is 11.6 Å². The van der Waals surface area contributed by atoms with E-state index in [1.165, 1.54) is 12.4 Å². The molecule has 1 aliphatic heterocycles. The summed E-state index contributed by atoms with van der Waals surface area (Å²) in [5.74, 6) is -0.00220. The first-order chi connectivity index (χ1) is 15.9. The van der Waals surface area contributed by atoms with Crippen molar-refractivity contribution in [1.82, 2.24) is 25.1 Å². The van der Waals surface area contributed by atoms with E-state index in [1.807, 2.05) is 26.0 Å². The number of amides is 1. The Morgan fingerprint density at radius 3 is 2.88 bits per heavy atom. The summed E-state index contributed by atoms with van der Waals surface area (Å²) in [6.45, 7) is 9.08. The number of hydrogen-bond acceptors (Lipinski definition) is 5. The highest BCUT2D eigenvalue weighted by Gasteiger charge is 2.29. The molecule has 9 heteroatoms. The number of nitrogens with one attached hydrogen (secondary N) is 1. The highest BCUT2D eigenvalue weighted by molar-refractivity contribution is 6.35. The summed E-state index contributed by atoms with van der Waals surface area (Å²) in [6, 6.07) is 5.56. The van der Waals surface area contributed by atoms with Crippen LogP contribution in [0.2, 0.25) is 5.02 Å². The number of benzene rings is 2. The predicted molar refractivity (Wildman–Crippen MR) is 128 cm³/mol. The summed E-state index contributed by atoms with van der Waals surface area (Å²) in [7, 11) is 0. The maximum absolute atomic E-state index is 16.0. The molecule has 1 N–H and O–H groups in total. The second-order valence-electron chi connectivity index (χ2n) is 8.26. The third-order valence-corrected chi connectivity index (χ3v) is 6.56. The van der Waals surface area contributed by atoms with Crippen LogP contribution in [0.15, 0.2) is 43.4 Å². The Bertz CT molecular complexity index is 1420. The van der Waals surface area contributed by atoms with Crippen molar-refractivity contribution in [2.75, 3.05) is 24.5 Å². The molecule has 0 radical (unpaired) electrons. The van der Waals surface area contributed by atoms with E-state index in [1.54, 1.807) is 17.2 Å². The zero-order valence-electron chi connectivity index (χ0n) is 18.3. The Morgan fingerprint density at radius 1 is 1.30 bits per heavy atom. The van der Waals surface area contributed by atoms with Gasteiger partial charge in [0.2, 0.25) is 5.91 Å². The molecule has 5 rings (SSSR count). The maximum atomic E-state index is 16.0. The molecular weight excluding hydrogens is 443 g/mol. The van der Waals surface area contributed by atoms with Crippen molar-refractivity contribution in [1.29, 1.82) is 0 Å². The normalized spacial score (nSPS) is 16.5. The molecule has 4 aromatic rings. The van der Waals surface area contributed by atoms with E-state index in [2.05, 4.69) is 31.6 Å². The molecule has 1 fully saturated rings. The molecule has 7 nitrogen and oxygen atoms in total. The Labute approximate surface area is 194 Å². The van der Waals surface area contributed by atoms with Crippen LogP contribution in [0.1, 0.15) is 12.5 Å². The fourth-order valence-electron chi connectivity index (χ4n) is 4.62. The minimum atomic E-state index is -0.500. The van der Waals surface area contributed by atoms with Crippen LogP contribution in [-0.2, 0) is 4.79 Å². The number of nitrogens with zero attached hydrogens (tertiary/aromatic N) is 5. The molecule has 1 atom stereocenters. The summed E-state index contributed by atoms with van der Waals surface area (Å²) in [4.78, 5) is 24.6. The van der Waals surface area contributed by atoms with Crippen LogP contribution in [0.5, 0.6) is 0 Å². The molecular formula is C24H22ClFN6O. The summed E-state index contributed by atoms with van der Waals surface area (Å²) in [5, 5.41) is 8.74. The van der Waals surface area contributed by atoms with Crippen molar-refractivity contribution >= 4 is 45.1 Å². The number of aromatic amines is 1. The highest BCUT2D eigenvalue weighted by atomic mass is 35.5. The van der Waals surface area contributed by atoms with Crippen LogP contribution in [0, 0.1) is 12.7 Å². The third-order valence-electron chi connectivity index (χ3n) is 6.26. The van der Waals surface area contributed by atoms with Gasteiger partial charge >= 0.3 is 0 Å². The molecule has 168 valence electrons. The van der Waals surface area contributed by atoms with Crippen molar-refractivity contribution in [2.24, 2.45) is 0 Å². The zero-order chi connectivity index (χ0) is 23.3. The standard InChI is InChI=1S/C24H22ClFN6O/c1-4-18(33)31-7-8-32(14(3)11-31)24-16-9-17(25)20(21(26)23(16)27-12-28-24)19-13(2)5-6-15-10-29-30-22(15)19/h4-6,9-10,12,14H,1,7-8,11H2,2-3H3,(H,29,30)/t14-/m1/s1. The molecule has 0 bridgehead atoms. The van der Waals surface area contributed by atoms with Crippen LogP contribution >= 0.6 is 11.6 Å². The van der Waals surface area contributed by atoms with Crippen LogP contribution in [0.25, 0.3) is 32.9 Å². The van der Waals surface area contributed by atoms with E-state index >= 15 is 4.39 Å². The minimum absolute atomic E-state index is 0.0248. The minimum Gasteiger partial charge on any atom is -0.350 e. The first kappa shape index (κ1) is 21.3.